The van der Waals surface area contributed by atoms with Crippen molar-refractivity contribution in [2.24, 2.45) is 16.6 Å². The average Bonchev–Trinajstić information content (AvgIpc) is 2.26. The minimum atomic E-state index is 0.447. The van der Waals surface area contributed by atoms with E-state index in [0.717, 1.165) is 23.5 Å². The molecule has 0 saturated heterocycles. The van der Waals surface area contributed by atoms with E-state index >= 15 is 0 Å². The fraction of sp³-hybridized carbons (Fsp3) is 0.462. The zero-order valence-electron chi connectivity index (χ0n) is 10.9. The van der Waals surface area contributed by atoms with Crippen molar-refractivity contribution in [1.82, 2.24) is 0 Å². The number of rotatable bonds is 4. The SMILES string of the molecule is COc1ccc(NC(N)=NCC(C)C)cc1C. The van der Waals surface area contributed by atoms with Crippen LogP contribution in [0.3, 0.4) is 0 Å². The normalized spacial score (nSPS) is 11.7. The molecule has 0 spiro atoms. The Morgan fingerprint density at radius 3 is 2.71 bits per heavy atom. The summed E-state index contributed by atoms with van der Waals surface area (Å²) in [5, 5.41) is 3.06. The number of aryl methyl sites for hydroxylation is 1. The second-order valence-corrected chi connectivity index (χ2v) is 4.43. The van der Waals surface area contributed by atoms with Crippen LogP contribution in [0.4, 0.5) is 5.69 Å². The summed E-state index contributed by atoms with van der Waals surface area (Å²) in [6, 6.07) is 5.81. The van der Waals surface area contributed by atoms with Crippen molar-refractivity contribution in [3.63, 3.8) is 0 Å². The van der Waals surface area contributed by atoms with Gasteiger partial charge >= 0.3 is 0 Å². The molecule has 0 fully saturated rings. The van der Waals surface area contributed by atoms with Crippen molar-refractivity contribution in [3.8, 4) is 5.75 Å². The van der Waals surface area contributed by atoms with E-state index in [1.807, 2.05) is 25.1 Å². The molecule has 0 amide bonds. The van der Waals surface area contributed by atoms with Crippen molar-refractivity contribution in [2.75, 3.05) is 19.0 Å². The van der Waals surface area contributed by atoms with Crippen molar-refractivity contribution < 1.29 is 4.74 Å². The van der Waals surface area contributed by atoms with Gasteiger partial charge in [-0.05, 0) is 36.6 Å². The van der Waals surface area contributed by atoms with E-state index in [2.05, 4.69) is 24.2 Å². The van der Waals surface area contributed by atoms with Crippen LogP contribution in [0.5, 0.6) is 5.75 Å². The molecule has 1 rings (SSSR count). The molecule has 0 atom stereocenters. The van der Waals surface area contributed by atoms with Crippen molar-refractivity contribution in [1.29, 1.82) is 0 Å². The second kappa shape index (κ2) is 6.13. The van der Waals surface area contributed by atoms with Crippen LogP contribution in [0.25, 0.3) is 0 Å². The van der Waals surface area contributed by atoms with Crippen LogP contribution in [-0.2, 0) is 0 Å². The van der Waals surface area contributed by atoms with Gasteiger partial charge in [0.2, 0.25) is 0 Å². The Morgan fingerprint density at radius 1 is 1.47 bits per heavy atom. The third-order valence-corrected chi connectivity index (χ3v) is 2.29. The number of nitrogens with one attached hydrogen (secondary N) is 1. The van der Waals surface area contributed by atoms with E-state index in [1.165, 1.54) is 0 Å². The summed E-state index contributed by atoms with van der Waals surface area (Å²) in [5.74, 6) is 1.82. The Balaban J connectivity index is 2.69. The molecule has 0 aliphatic heterocycles. The van der Waals surface area contributed by atoms with Crippen LogP contribution in [-0.4, -0.2) is 19.6 Å². The standard InChI is InChI=1S/C13H21N3O/c1-9(2)8-15-13(14)16-11-5-6-12(17-4)10(3)7-11/h5-7,9H,8H2,1-4H3,(H3,14,15,16). The number of nitrogens with zero attached hydrogens (tertiary/aromatic N) is 1. The fourth-order valence-corrected chi connectivity index (χ4v) is 1.42. The lowest BCUT2D eigenvalue weighted by Crippen LogP contribution is -2.23. The first-order chi connectivity index (χ1) is 8.02. The Hall–Kier alpha value is -1.71. The molecule has 3 N–H and O–H groups in total. The van der Waals surface area contributed by atoms with Crippen LogP contribution in [0.2, 0.25) is 0 Å². The summed E-state index contributed by atoms with van der Waals surface area (Å²) in [4.78, 5) is 4.24. The van der Waals surface area contributed by atoms with Crippen LogP contribution in [0.1, 0.15) is 19.4 Å². The molecule has 0 radical (unpaired) electrons. The van der Waals surface area contributed by atoms with Gasteiger partial charge in [-0.3, -0.25) is 4.99 Å². The van der Waals surface area contributed by atoms with E-state index in [9.17, 15) is 0 Å². The van der Waals surface area contributed by atoms with E-state index in [0.29, 0.717) is 11.9 Å². The maximum absolute atomic E-state index is 5.78. The zero-order valence-corrected chi connectivity index (χ0v) is 10.9. The molecule has 0 aliphatic rings. The minimum absolute atomic E-state index is 0.447. The molecule has 0 heterocycles. The summed E-state index contributed by atoms with van der Waals surface area (Å²) in [5.41, 5.74) is 7.77. The summed E-state index contributed by atoms with van der Waals surface area (Å²) < 4.78 is 5.19. The molecule has 1 aromatic carbocycles. The lowest BCUT2D eigenvalue weighted by atomic mass is 10.2. The van der Waals surface area contributed by atoms with Crippen LogP contribution in [0, 0.1) is 12.8 Å². The number of aliphatic imine (C=N–C) groups is 1. The van der Waals surface area contributed by atoms with Gasteiger partial charge in [-0.15, -0.1) is 0 Å². The summed E-state index contributed by atoms with van der Waals surface area (Å²) in [7, 11) is 1.66. The highest BCUT2D eigenvalue weighted by molar-refractivity contribution is 5.92. The molecule has 0 saturated carbocycles. The number of guanidine groups is 1. The molecule has 4 nitrogen and oxygen atoms in total. The quantitative estimate of drug-likeness (QED) is 0.622. The lowest BCUT2D eigenvalue weighted by Gasteiger charge is -2.09. The van der Waals surface area contributed by atoms with Gasteiger partial charge in [0.05, 0.1) is 7.11 Å². The van der Waals surface area contributed by atoms with Crippen molar-refractivity contribution >= 4 is 11.6 Å². The maximum Gasteiger partial charge on any atom is 0.193 e. The van der Waals surface area contributed by atoms with Crippen LogP contribution in [0.15, 0.2) is 23.2 Å². The molecule has 17 heavy (non-hydrogen) atoms. The second-order valence-electron chi connectivity index (χ2n) is 4.43. The smallest absolute Gasteiger partial charge is 0.193 e. The molecule has 0 bridgehead atoms. The van der Waals surface area contributed by atoms with Gasteiger partial charge in [0.15, 0.2) is 5.96 Å². The average molecular weight is 235 g/mol. The van der Waals surface area contributed by atoms with Gasteiger partial charge in [0, 0.05) is 12.2 Å². The topological polar surface area (TPSA) is 59.6 Å². The number of anilines is 1. The Labute approximate surface area is 103 Å². The maximum atomic E-state index is 5.78. The van der Waals surface area contributed by atoms with Gasteiger partial charge in [0.25, 0.3) is 0 Å². The zero-order chi connectivity index (χ0) is 12.8. The Kier molecular flexibility index (Phi) is 4.82. The molecule has 94 valence electrons. The van der Waals surface area contributed by atoms with Crippen molar-refractivity contribution in [3.05, 3.63) is 23.8 Å². The van der Waals surface area contributed by atoms with Gasteiger partial charge in [-0.1, -0.05) is 13.8 Å². The highest BCUT2D eigenvalue weighted by atomic mass is 16.5. The number of benzene rings is 1. The highest BCUT2D eigenvalue weighted by Gasteiger charge is 2.01. The van der Waals surface area contributed by atoms with E-state index in [-0.39, 0.29) is 0 Å². The number of ether oxygens (including phenoxy) is 1. The minimum Gasteiger partial charge on any atom is -0.496 e. The van der Waals surface area contributed by atoms with Gasteiger partial charge in [-0.25, -0.2) is 0 Å². The molecular formula is C13H21N3O. The molecule has 4 heteroatoms. The lowest BCUT2D eigenvalue weighted by molar-refractivity contribution is 0.412. The van der Waals surface area contributed by atoms with E-state index in [1.54, 1.807) is 7.11 Å². The van der Waals surface area contributed by atoms with E-state index < -0.39 is 0 Å². The van der Waals surface area contributed by atoms with Gasteiger partial charge in [0.1, 0.15) is 5.75 Å². The summed E-state index contributed by atoms with van der Waals surface area (Å²) in [6.45, 7) is 6.93. The molecule has 0 aliphatic carbocycles. The van der Waals surface area contributed by atoms with Gasteiger partial charge < -0.3 is 15.8 Å². The first-order valence-corrected chi connectivity index (χ1v) is 5.74. The number of nitrogens with two attached hydrogens (primary N) is 1. The van der Waals surface area contributed by atoms with Gasteiger partial charge in [-0.2, -0.15) is 0 Å². The predicted molar refractivity (Wildman–Crippen MR) is 72.7 cm³/mol. The van der Waals surface area contributed by atoms with Crippen molar-refractivity contribution in [2.45, 2.75) is 20.8 Å². The first-order valence-electron chi connectivity index (χ1n) is 5.74. The Bertz CT molecular complexity index is 400. The highest BCUT2D eigenvalue weighted by Crippen LogP contribution is 2.21. The third-order valence-electron chi connectivity index (χ3n) is 2.29. The van der Waals surface area contributed by atoms with Crippen LogP contribution >= 0.6 is 0 Å². The predicted octanol–water partition coefficient (Wildman–Crippen LogP) is 2.39. The number of hydrogen-bond acceptors (Lipinski definition) is 2. The molecule has 1 aromatic rings. The fourth-order valence-electron chi connectivity index (χ4n) is 1.42. The number of hydrogen-bond donors (Lipinski definition) is 2. The third kappa shape index (κ3) is 4.34. The number of methoxy groups -OCH3 is 1. The first kappa shape index (κ1) is 13.4. The van der Waals surface area contributed by atoms with E-state index in [4.69, 9.17) is 10.5 Å². The monoisotopic (exact) mass is 235 g/mol. The molecule has 0 aromatic heterocycles. The van der Waals surface area contributed by atoms with Crippen LogP contribution < -0.4 is 15.8 Å². The Morgan fingerprint density at radius 2 is 2.18 bits per heavy atom. The summed E-state index contributed by atoms with van der Waals surface area (Å²) >= 11 is 0. The summed E-state index contributed by atoms with van der Waals surface area (Å²) in [6.07, 6.45) is 0. The molecular weight excluding hydrogens is 214 g/mol. The largest absolute Gasteiger partial charge is 0.496 e. The molecule has 0 unspecified atom stereocenters.